The molecular weight excluding hydrogens is 274 g/mol. The standard InChI is InChI=1S/C15H17NO3S/c1-10-11(2)19-15(16-10)9-20-12-4-5-13-14(8-12)18-7-3-6-17-13/h4-5,8H,3,6-7,9H2,1-2H3. The molecule has 0 aliphatic carbocycles. The summed E-state index contributed by atoms with van der Waals surface area (Å²) >= 11 is 1.68. The molecule has 20 heavy (non-hydrogen) atoms. The lowest BCUT2D eigenvalue weighted by molar-refractivity contribution is 0.297. The molecule has 106 valence electrons. The van der Waals surface area contributed by atoms with Gasteiger partial charge in [-0.3, -0.25) is 0 Å². The number of rotatable bonds is 3. The summed E-state index contributed by atoms with van der Waals surface area (Å²) < 4.78 is 16.9. The van der Waals surface area contributed by atoms with Crippen LogP contribution in [0.5, 0.6) is 11.5 Å². The summed E-state index contributed by atoms with van der Waals surface area (Å²) in [6, 6.07) is 6.03. The van der Waals surface area contributed by atoms with Gasteiger partial charge in [-0.2, -0.15) is 0 Å². The number of hydrogen-bond acceptors (Lipinski definition) is 5. The molecule has 2 aromatic rings. The quantitative estimate of drug-likeness (QED) is 0.806. The Morgan fingerprint density at radius 2 is 1.95 bits per heavy atom. The summed E-state index contributed by atoms with van der Waals surface area (Å²) in [6.45, 7) is 5.32. The number of nitrogens with zero attached hydrogens (tertiary/aromatic N) is 1. The van der Waals surface area contributed by atoms with E-state index in [9.17, 15) is 0 Å². The summed E-state index contributed by atoms with van der Waals surface area (Å²) in [5.74, 6) is 4.02. The molecule has 0 amide bonds. The highest BCUT2D eigenvalue weighted by atomic mass is 32.2. The van der Waals surface area contributed by atoms with Crippen molar-refractivity contribution >= 4 is 11.8 Å². The fourth-order valence-corrected chi connectivity index (χ4v) is 2.75. The Hall–Kier alpha value is -1.62. The van der Waals surface area contributed by atoms with Crippen molar-refractivity contribution in [1.82, 2.24) is 4.98 Å². The molecule has 0 saturated carbocycles. The first-order valence-corrected chi connectivity index (χ1v) is 7.66. The van der Waals surface area contributed by atoms with Crippen LogP contribution in [0.15, 0.2) is 27.5 Å². The van der Waals surface area contributed by atoms with Gasteiger partial charge in [0, 0.05) is 11.3 Å². The van der Waals surface area contributed by atoms with Gasteiger partial charge >= 0.3 is 0 Å². The average Bonchev–Trinajstić information content (AvgIpc) is 2.66. The van der Waals surface area contributed by atoms with Crippen LogP contribution in [0.4, 0.5) is 0 Å². The molecule has 1 aliphatic heterocycles. The highest BCUT2D eigenvalue weighted by molar-refractivity contribution is 7.98. The van der Waals surface area contributed by atoms with Gasteiger partial charge in [0.15, 0.2) is 11.5 Å². The van der Waals surface area contributed by atoms with Crippen LogP contribution < -0.4 is 9.47 Å². The van der Waals surface area contributed by atoms with Crippen LogP contribution in [0.2, 0.25) is 0 Å². The predicted octanol–water partition coefficient (Wildman–Crippen LogP) is 3.75. The molecule has 0 atom stereocenters. The SMILES string of the molecule is Cc1nc(CSc2ccc3c(c2)OCCCO3)oc1C. The van der Waals surface area contributed by atoms with Crippen LogP contribution in [-0.2, 0) is 5.75 Å². The molecule has 5 heteroatoms. The minimum absolute atomic E-state index is 0.708. The van der Waals surface area contributed by atoms with Crippen LogP contribution in [0, 0.1) is 13.8 Å². The molecular formula is C15H17NO3S. The van der Waals surface area contributed by atoms with Gasteiger partial charge in [0.05, 0.1) is 24.7 Å². The second kappa shape index (κ2) is 5.79. The molecule has 1 aliphatic rings. The number of benzene rings is 1. The Labute approximate surface area is 122 Å². The lowest BCUT2D eigenvalue weighted by atomic mass is 10.3. The Balaban J connectivity index is 1.70. The third-order valence-electron chi connectivity index (χ3n) is 3.15. The molecule has 0 fully saturated rings. The van der Waals surface area contributed by atoms with E-state index in [1.165, 1.54) is 0 Å². The van der Waals surface area contributed by atoms with Gasteiger partial charge in [0.2, 0.25) is 5.89 Å². The van der Waals surface area contributed by atoms with Crippen LogP contribution in [0.1, 0.15) is 23.8 Å². The fraction of sp³-hybridized carbons (Fsp3) is 0.400. The molecule has 0 unspecified atom stereocenters. The van der Waals surface area contributed by atoms with Gasteiger partial charge in [-0.25, -0.2) is 4.98 Å². The normalized spacial score (nSPS) is 14.1. The van der Waals surface area contributed by atoms with Gasteiger partial charge in [0.25, 0.3) is 0 Å². The Bertz CT molecular complexity index is 590. The van der Waals surface area contributed by atoms with Gasteiger partial charge in [-0.15, -0.1) is 11.8 Å². The van der Waals surface area contributed by atoms with Crippen molar-refractivity contribution in [3.05, 3.63) is 35.5 Å². The third-order valence-corrected chi connectivity index (χ3v) is 4.13. The molecule has 3 rings (SSSR count). The molecule has 0 radical (unpaired) electrons. The number of thioether (sulfide) groups is 1. The van der Waals surface area contributed by atoms with E-state index in [1.807, 2.05) is 32.0 Å². The predicted molar refractivity (Wildman–Crippen MR) is 77.6 cm³/mol. The second-order valence-electron chi connectivity index (χ2n) is 4.70. The number of ether oxygens (including phenoxy) is 2. The first kappa shape index (κ1) is 13.4. The zero-order valence-corrected chi connectivity index (χ0v) is 12.5. The maximum Gasteiger partial charge on any atom is 0.204 e. The third kappa shape index (κ3) is 2.93. The summed E-state index contributed by atoms with van der Waals surface area (Å²) in [5.41, 5.74) is 0.958. The molecule has 1 aromatic carbocycles. The van der Waals surface area contributed by atoms with Gasteiger partial charge in [-0.05, 0) is 32.0 Å². The van der Waals surface area contributed by atoms with Crippen molar-refractivity contribution in [3.63, 3.8) is 0 Å². The number of aryl methyl sites for hydroxylation is 2. The Morgan fingerprint density at radius 3 is 2.70 bits per heavy atom. The first-order chi connectivity index (χ1) is 9.72. The molecule has 0 saturated heterocycles. The minimum atomic E-state index is 0.708. The first-order valence-electron chi connectivity index (χ1n) is 6.68. The lowest BCUT2D eigenvalue weighted by Gasteiger charge is -2.08. The van der Waals surface area contributed by atoms with Gasteiger partial charge < -0.3 is 13.9 Å². The van der Waals surface area contributed by atoms with E-state index in [2.05, 4.69) is 4.98 Å². The number of aromatic nitrogens is 1. The second-order valence-corrected chi connectivity index (χ2v) is 5.75. The van der Waals surface area contributed by atoms with Crippen molar-refractivity contribution in [1.29, 1.82) is 0 Å². The molecule has 1 aromatic heterocycles. The van der Waals surface area contributed by atoms with E-state index in [0.717, 1.165) is 40.2 Å². The Kier molecular flexibility index (Phi) is 3.87. The van der Waals surface area contributed by atoms with E-state index in [-0.39, 0.29) is 0 Å². The summed E-state index contributed by atoms with van der Waals surface area (Å²) in [5, 5.41) is 0. The number of fused-ring (bicyclic) bond motifs is 1. The van der Waals surface area contributed by atoms with Crippen LogP contribution in [0.25, 0.3) is 0 Å². The van der Waals surface area contributed by atoms with Crippen molar-refractivity contribution in [2.75, 3.05) is 13.2 Å². The summed E-state index contributed by atoms with van der Waals surface area (Å²) in [7, 11) is 0. The van der Waals surface area contributed by atoms with Crippen molar-refractivity contribution < 1.29 is 13.9 Å². The number of hydrogen-bond donors (Lipinski definition) is 0. The van der Waals surface area contributed by atoms with E-state index in [1.54, 1.807) is 11.8 Å². The topological polar surface area (TPSA) is 44.5 Å². The van der Waals surface area contributed by atoms with Crippen LogP contribution in [-0.4, -0.2) is 18.2 Å². The fourth-order valence-electron chi connectivity index (χ4n) is 1.98. The van der Waals surface area contributed by atoms with Crippen molar-refractivity contribution in [2.24, 2.45) is 0 Å². The molecule has 2 heterocycles. The highest BCUT2D eigenvalue weighted by Crippen LogP contribution is 2.34. The van der Waals surface area contributed by atoms with Gasteiger partial charge in [0.1, 0.15) is 5.76 Å². The van der Waals surface area contributed by atoms with E-state index in [4.69, 9.17) is 13.9 Å². The molecule has 0 bridgehead atoms. The van der Waals surface area contributed by atoms with E-state index in [0.29, 0.717) is 19.0 Å². The smallest absolute Gasteiger partial charge is 0.204 e. The van der Waals surface area contributed by atoms with Crippen LogP contribution >= 0.6 is 11.8 Å². The Morgan fingerprint density at radius 1 is 1.15 bits per heavy atom. The minimum Gasteiger partial charge on any atom is -0.490 e. The summed E-state index contributed by atoms with van der Waals surface area (Å²) in [4.78, 5) is 5.51. The summed E-state index contributed by atoms with van der Waals surface area (Å²) in [6.07, 6.45) is 0.923. The maximum atomic E-state index is 5.69. The molecule has 0 N–H and O–H groups in total. The van der Waals surface area contributed by atoms with Gasteiger partial charge in [-0.1, -0.05) is 0 Å². The monoisotopic (exact) mass is 291 g/mol. The maximum absolute atomic E-state index is 5.69. The average molecular weight is 291 g/mol. The van der Waals surface area contributed by atoms with Crippen molar-refractivity contribution in [2.45, 2.75) is 30.9 Å². The lowest BCUT2D eigenvalue weighted by Crippen LogP contribution is -1.97. The van der Waals surface area contributed by atoms with E-state index >= 15 is 0 Å². The number of oxazole rings is 1. The zero-order chi connectivity index (χ0) is 13.9. The molecule has 0 spiro atoms. The van der Waals surface area contributed by atoms with Crippen molar-refractivity contribution in [3.8, 4) is 11.5 Å². The van der Waals surface area contributed by atoms with Crippen LogP contribution in [0.3, 0.4) is 0 Å². The highest BCUT2D eigenvalue weighted by Gasteiger charge is 2.12. The largest absolute Gasteiger partial charge is 0.490 e. The zero-order valence-electron chi connectivity index (χ0n) is 11.6. The van der Waals surface area contributed by atoms with E-state index < -0.39 is 0 Å². The molecule has 4 nitrogen and oxygen atoms in total.